The molecule has 0 unspecified atom stereocenters. The summed E-state index contributed by atoms with van der Waals surface area (Å²) in [4.78, 5) is 11.2. The van der Waals surface area contributed by atoms with Gasteiger partial charge in [-0.15, -0.1) is 0 Å². The molecule has 0 saturated carbocycles. The molecule has 0 atom stereocenters. The van der Waals surface area contributed by atoms with Crippen LogP contribution in [-0.4, -0.2) is 11.1 Å². The van der Waals surface area contributed by atoms with Gasteiger partial charge < -0.3 is 21.9 Å². The highest BCUT2D eigenvalue weighted by molar-refractivity contribution is 6.37. The van der Waals surface area contributed by atoms with Crippen molar-refractivity contribution >= 4 is 40.3 Å². The van der Waals surface area contributed by atoms with Crippen LogP contribution in [0.1, 0.15) is 10.4 Å². The molecule has 6 N–H and O–H groups in total. The van der Waals surface area contributed by atoms with Gasteiger partial charge in [-0.3, -0.25) is 0 Å². The van der Waals surface area contributed by atoms with E-state index in [4.69, 9.17) is 23.1 Å². The van der Waals surface area contributed by atoms with Crippen LogP contribution in [0.25, 0.3) is 0 Å². The summed E-state index contributed by atoms with van der Waals surface area (Å²) in [7, 11) is 0. The molecule has 0 heterocycles. The number of halogens is 1. The Labute approximate surface area is 114 Å². The van der Waals surface area contributed by atoms with Gasteiger partial charge in [-0.05, 0) is 18.2 Å². The fraction of sp³-hybridized carbons (Fsp3) is 0. The van der Waals surface area contributed by atoms with Crippen molar-refractivity contribution in [2.24, 2.45) is 0 Å². The van der Waals surface area contributed by atoms with E-state index >= 15 is 0 Å². The Morgan fingerprint density at radius 2 is 1.84 bits per heavy atom. The first-order valence-corrected chi connectivity index (χ1v) is 5.81. The molecule has 0 spiro atoms. The first-order chi connectivity index (χ1) is 9.00. The first-order valence-electron chi connectivity index (χ1n) is 5.43. The molecule has 0 aliphatic heterocycles. The highest BCUT2D eigenvalue weighted by Crippen LogP contribution is 2.37. The Kier molecular flexibility index (Phi) is 3.48. The molecule has 0 aliphatic rings. The van der Waals surface area contributed by atoms with Crippen molar-refractivity contribution in [3.8, 4) is 0 Å². The summed E-state index contributed by atoms with van der Waals surface area (Å²) in [6, 6.07) is 10.3. The van der Waals surface area contributed by atoms with Crippen molar-refractivity contribution in [1.29, 1.82) is 0 Å². The highest BCUT2D eigenvalue weighted by Gasteiger charge is 2.18. The van der Waals surface area contributed by atoms with E-state index in [9.17, 15) is 9.90 Å². The second-order valence-electron chi connectivity index (χ2n) is 3.91. The van der Waals surface area contributed by atoms with Crippen molar-refractivity contribution in [2.45, 2.75) is 0 Å². The van der Waals surface area contributed by atoms with Gasteiger partial charge in [0.05, 0.1) is 27.6 Å². The smallest absolute Gasteiger partial charge is 0.337 e. The van der Waals surface area contributed by atoms with E-state index in [0.717, 1.165) is 0 Å². The monoisotopic (exact) mass is 277 g/mol. The molecule has 2 aromatic rings. The maximum atomic E-state index is 11.2. The first kappa shape index (κ1) is 13.0. The van der Waals surface area contributed by atoms with Crippen LogP contribution in [0.15, 0.2) is 36.4 Å². The van der Waals surface area contributed by atoms with Gasteiger partial charge in [-0.25, -0.2) is 4.79 Å². The van der Waals surface area contributed by atoms with Crippen molar-refractivity contribution in [3.63, 3.8) is 0 Å². The summed E-state index contributed by atoms with van der Waals surface area (Å²) in [5.74, 6) is -1.13. The summed E-state index contributed by atoms with van der Waals surface area (Å²) in [5.41, 5.74) is 12.5. The molecule has 5 nitrogen and oxygen atoms in total. The fourth-order valence-electron chi connectivity index (χ4n) is 1.64. The second-order valence-corrected chi connectivity index (χ2v) is 4.29. The fourth-order valence-corrected chi connectivity index (χ4v) is 1.90. The largest absolute Gasteiger partial charge is 0.478 e. The lowest BCUT2D eigenvalue weighted by Gasteiger charge is -2.14. The van der Waals surface area contributed by atoms with E-state index in [0.29, 0.717) is 5.69 Å². The lowest BCUT2D eigenvalue weighted by atomic mass is 10.1. The average molecular weight is 278 g/mol. The van der Waals surface area contributed by atoms with Gasteiger partial charge >= 0.3 is 5.97 Å². The number of carboxylic acid groups (broad SMARTS) is 1. The predicted octanol–water partition coefficient (Wildman–Crippen LogP) is 2.95. The molecule has 2 aromatic carbocycles. The topological polar surface area (TPSA) is 101 Å². The number of para-hydroxylation sites is 1. The molecule has 0 bridgehead atoms. The van der Waals surface area contributed by atoms with Crippen molar-refractivity contribution in [1.82, 2.24) is 0 Å². The van der Waals surface area contributed by atoms with Crippen LogP contribution in [0.5, 0.6) is 0 Å². The molecule has 0 fully saturated rings. The third kappa shape index (κ3) is 2.56. The van der Waals surface area contributed by atoms with Crippen LogP contribution in [0.3, 0.4) is 0 Å². The minimum Gasteiger partial charge on any atom is -0.478 e. The van der Waals surface area contributed by atoms with Crippen LogP contribution in [0.4, 0.5) is 22.7 Å². The number of rotatable bonds is 3. The van der Waals surface area contributed by atoms with Crippen molar-refractivity contribution in [3.05, 3.63) is 47.0 Å². The summed E-state index contributed by atoms with van der Waals surface area (Å²) < 4.78 is 0. The number of aromatic carboxylic acids is 1. The normalized spacial score (nSPS) is 10.2. The molecule has 0 aliphatic carbocycles. The third-order valence-electron chi connectivity index (χ3n) is 2.61. The van der Waals surface area contributed by atoms with Gasteiger partial charge in [0.25, 0.3) is 0 Å². The standard InChI is InChI=1S/C13H12ClN3O2/c14-10-11(16)9(15)6-8(13(18)19)12(10)17-7-4-2-1-3-5-7/h1-6,17H,15-16H2,(H,18,19). The van der Waals surface area contributed by atoms with E-state index in [1.807, 2.05) is 18.2 Å². The van der Waals surface area contributed by atoms with Crippen LogP contribution < -0.4 is 16.8 Å². The molecule has 98 valence electrons. The van der Waals surface area contributed by atoms with Gasteiger partial charge in [-0.1, -0.05) is 29.8 Å². The number of hydrogen-bond acceptors (Lipinski definition) is 4. The number of carboxylic acids is 1. The van der Waals surface area contributed by atoms with Crippen LogP contribution in [0.2, 0.25) is 5.02 Å². The lowest BCUT2D eigenvalue weighted by molar-refractivity contribution is 0.0698. The maximum Gasteiger partial charge on any atom is 0.337 e. The second kappa shape index (κ2) is 5.07. The Balaban J connectivity index is 2.55. The van der Waals surface area contributed by atoms with Crippen LogP contribution in [0, 0.1) is 0 Å². The lowest BCUT2D eigenvalue weighted by Crippen LogP contribution is -2.07. The maximum absolute atomic E-state index is 11.2. The number of nitrogens with two attached hydrogens (primary N) is 2. The molecule has 0 aromatic heterocycles. The Hall–Kier alpha value is -2.40. The number of benzene rings is 2. The zero-order valence-corrected chi connectivity index (χ0v) is 10.6. The molecule has 2 rings (SSSR count). The van der Waals surface area contributed by atoms with E-state index in [-0.39, 0.29) is 27.6 Å². The Morgan fingerprint density at radius 3 is 2.42 bits per heavy atom. The van der Waals surface area contributed by atoms with E-state index in [1.54, 1.807) is 12.1 Å². The Morgan fingerprint density at radius 1 is 1.21 bits per heavy atom. The SMILES string of the molecule is Nc1cc(C(=O)O)c(Nc2ccccc2)c(Cl)c1N. The molecule has 0 saturated heterocycles. The number of carbonyl (C=O) groups is 1. The van der Waals surface area contributed by atoms with E-state index < -0.39 is 5.97 Å². The van der Waals surface area contributed by atoms with Gasteiger partial charge in [-0.2, -0.15) is 0 Å². The highest BCUT2D eigenvalue weighted by atomic mass is 35.5. The van der Waals surface area contributed by atoms with E-state index in [2.05, 4.69) is 5.32 Å². The van der Waals surface area contributed by atoms with Crippen molar-refractivity contribution < 1.29 is 9.90 Å². The zero-order valence-electron chi connectivity index (χ0n) is 9.85. The molecule has 6 heteroatoms. The summed E-state index contributed by atoms with van der Waals surface area (Å²) in [6.45, 7) is 0. The summed E-state index contributed by atoms with van der Waals surface area (Å²) >= 11 is 6.07. The minimum absolute atomic E-state index is 0.0273. The number of nitrogen functional groups attached to an aromatic ring is 2. The number of nitrogens with one attached hydrogen (secondary N) is 1. The molecule has 0 radical (unpaired) electrons. The van der Waals surface area contributed by atoms with Crippen LogP contribution >= 0.6 is 11.6 Å². The molecular weight excluding hydrogens is 266 g/mol. The molecule has 19 heavy (non-hydrogen) atoms. The zero-order chi connectivity index (χ0) is 14.0. The minimum atomic E-state index is -1.13. The third-order valence-corrected chi connectivity index (χ3v) is 3.00. The Bertz CT molecular complexity index is 630. The van der Waals surface area contributed by atoms with Gasteiger partial charge in [0.1, 0.15) is 0 Å². The summed E-state index contributed by atoms with van der Waals surface area (Å²) in [5, 5.41) is 12.2. The number of anilines is 4. The predicted molar refractivity (Wildman–Crippen MR) is 77.0 cm³/mol. The van der Waals surface area contributed by atoms with Crippen LogP contribution in [-0.2, 0) is 0 Å². The molecule has 0 amide bonds. The quantitative estimate of drug-likeness (QED) is 0.646. The van der Waals surface area contributed by atoms with Crippen molar-refractivity contribution in [2.75, 3.05) is 16.8 Å². The van der Waals surface area contributed by atoms with Gasteiger partial charge in [0.2, 0.25) is 0 Å². The van der Waals surface area contributed by atoms with Gasteiger partial charge in [0.15, 0.2) is 0 Å². The number of hydrogen-bond donors (Lipinski definition) is 4. The average Bonchev–Trinajstić information content (AvgIpc) is 2.40. The van der Waals surface area contributed by atoms with Gasteiger partial charge in [0, 0.05) is 5.69 Å². The molecular formula is C13H12ClN3O2. The van der Waals surface area contributed by atoms with E-state index in [1.165, 1.54) is 6.07 Å². The summed E-state index contributed by atoms with van der Waals surface area (Å²) in [6.07, 6.45) is 0.